The number of hydrogen-bond acceptors (Lipinski definition) is 6. The number of alkyl halides is 3. The van der Waals surface area contributed by atoms with Crippen LogP contribution in [0, 0.1) is 5.82 Å². The zero-order chi connectivity index (χ0) is 25.4. The molecule has 1 aromatic heterocycles. The van der Waals surface area contributed by atoms with Crippen LogP contribution in [0.5, 0.6) is 0 Å². The van der Waals surface area contributed by atoms with Gasteiger partial charge in [0.05, 0.1) is 5.56 Å². The summed E-state index contributed by atoms with van der Waals surface area (Å²) in [6.45, 7) is 0. The fourth-order valence-electron chi connectivity index (χ4n) is 4.57. The van der Waals surface area contributed by atoms with Crippen LogP contribution in [-0.2, 0) is 21.5 Å². The van der Waals surface area contributed by atoms with Crippen molar-refractivity contribution in [3.05, 3.63) is 82.3 Å². The molecule has 5 nitrogen and oxygen atoms in total. The lowest BCUT2D eigenvalue weighted by Gasteiger charge is -2.36. The average molecular weight is 534 g/mol. The molecule has 11 heteroatoms. The molecule has 0 unspecified atom stereocenters. The van der Waals surface area contributed by atoms with Crippen molar-refractivity contribution in [1.29, 1.82) is 0 Å². The van der Waals surface area contributed by atoms with E-state index in [0.29, 0.717) is 51.1 Å². The number of anilines is 1. The van der Waals surface area contributed by atoms with E-state index in [1.807, 2.05) is 0 Å². The molecular formula is C25H19F4N3O2S2. The molecule has 186 valence electrons. The van der Waals surface area contributed by atoms with Crippen LogP contribution < -0.4 is 4.90 Å². The number of carbonyl (C=O) groups is 2. The molecule has 0 radical (unpaired) electrons. The Bertz CT molecular complexity index is 1370. The molecule has 2 heterocycles. The van der Waals surface area contributed by atoms with E-state index >= 15 is 0 Å². The zero-order valence-electron chi connectivity index (χ0n) is 18.7. The number of allylic oxidation sites excluding steroid dienone is 2. The number of rotatable bonds is 5. The molecule has 1 atom stereocenters. The van der Waals surface area contributed by atoms with Crippen molar-refractivity contribution in [2.24, 2.45) is 0 Å². The first-order valence-electron chi connectivity index (χ1n) is 11.2. The molecule has 1 aliphatic carbocycles. The highest BCUT2D eigenvalue weighted by molar-refractivity contribution is 8.00. The maximum absolute atomic E-state index is 14.6. The Balaban J connectivity index is 1.41. The molecule has 0 saturated carbocycles. The van der Waals surface area contributed by atoms with Crippen molar-refractivity contribution < 1.29 is 27.2 Å². The molecule has 1 aliphatic heterocycles. The van der Waals surface area contributed by atoms with Crippen LogP contribution in [-0.4, -0.2) is 21.9 Å². The summed E-state index contributed by atoms with van der Waals surface area (Å²) in [5, 5.41) is 8.54. The molecule has 5 rings (SSSR count). The van der Waals surface area contributed by atoms with Crippen molar-refractivity contribution >= 4 is 39.9 Å². The van der Waals surface area contributed by atoms with Gasteiger partial charge in [-0.15, -0.1) is 10.2 Å². The quantitative estimate of drug-likeness (QED) is 0.212. The van der Waals surface area contributed by atoms with Gasteiger partial charge in [-0.25, -0.2) is 4.39 Å². The van der Waals surface area contributed by atoms with Gasteiger partial charge < -0.3 is 0 Å². The van der Waals surface area contributed by atoms with Gasteiger partial charge in [0.2, 0.25) is 11.0 Å². The number of halogens is 4. The third kappa shape index (κ3) is 4.81. The van der Waals surface area contributed by atoms with E-state index in [1.165, 1.54) is 28.8 Å². The predicted molar refractivity (Wildman–Crippen MR) is 128 cm³/mol. The van der Waals surface area contributed by atoms with Crippen molar-refractivity contribution in [1.82, 2.24) is 10.2 Å². The van der Waals surface area contributed by atoms with Crippen molar-refractivity contribution in [3.63, 3.8) is 0 Å². The molecule has 2 aromatic carbocycles. The van der Waals surface area contributed by atoms with Crippen LogP contribution in [0.3, 0.4) is 0 Å². The monoisotopic (exact) mass is 533 g/mol. The highest BCUT2D eigenvalue weighted by Gasteiger charge is 2.41. The van der Waals surface area contributed by atoms with Crippen LogP contribution >= 0.6 is 23.1 Å². The number of aromatic nitrogens is 2. The van der Waals surface area contributed by atoms with Gasteiger partial charge in [-0.1, -0.05) is 59.5 Å². The van der Waals surface area contributed by atoms with Crippen molar-refractivity contribution in [2.75, 3.05) is 4.90 Å². The number of thioether (sulfide) groups is 1. The molecule has 2 aliphatic rings. The zero-order valence-corrected chi connectivity index (χ0v) is 20.4. The number of ketones is 1. The topological polar surface area (TPSA) is 63.2 Å². The summed E-state index contributed by atoms with van der Waals surface area (Å²) in [7, 11) is 0. The Kier molecular flexibility index (Phi) is 6.69. The van der Waals surface area contributed by atoms with E-state index in [1.54, 1.807) is 24.3 Å². The molecule has 36 heavy (non-hydrogen) atoms. The highest BCUT2D eigenvalue weighted by Crippen LogP contribution is 2.45. The van der Waals surface area contributed by atoms with Gasteiger partial charge in [-0.05, 0) is 36.1 Å². The molecule has 1 amide bonds. The van der Waals surface area contributed by atoms with Gasteiger partial charge in [0.15, 0.2) is 10.1 Å². The minimum absolute atomic E-state index is 0.0716. The fourth-order valence-corrected chi connectivity index (χ4v) is 6.40. The smallest absolute Gasteiger partial charge is 0.294 e. The summed E-state index contributed by atoms with van der Waals surface area (Å²) in [5.74, 6) is -1.28. The van der Waals surface area contributed by atoms with Gasteiger partial charge in [0.1, 0.15) is 5.82 Å². The predicted octanol–water partition coefficient (Wildman–Crippen LogP) is 6.52. The van der Waals surface area contributed by atoms with Crippen LogP contribution in [0.1, 0.15) is 48.3 Å². The first kappa shape index (κ1) is 24.6. The summed E-state index contributed by atoms with van der Waals surface area (Å²) in [4.78, 5) is 27.6. The number of amides is 1. The van der Waals surface area contributed by atoms with E-state index < -0.39 is 23.5 Å². The lowest BCUT2D eigenvalue weighted by molar-refractivity contribution is -0.137. The van der Waals surface area contributed by atoms with E-state index in [0.717, 1.165) is 23.5 Å². The number of carbonyl (C=O) groups excluding carboxylic acids is 2. The Hall–Kier alpha value is -3.05. The summed E-state index contributed by atoms with van der Waals surface area (Å²) in [5.41, 5.74) is 1.06. The lowest BCUT2D eigenvalue weighted by atomic mass is 9.77. The summed E-state index contributed by atoms with van der Waals surface area (Å²) < 4.78 is 54.0. The Labute approximate surface area is 212 Å². The second-order valence-electron chi connectivity index (χ2n) is 8.48. The van der Waals surface area contributed by atoms with Crippen LogP contribution in [0.15, 0.2) is 64.1 Å². The number of benzene rings is 2. The maximum atomic E-state index is 14.6. The van der Waals surface area contributed by atoms with Gasteiger partial charge in [0, 0.05) is 35.8 Å². The average Bonchev–Trinajstić information content (AvgIpc) is 3.31. The first-order valence-corrected chi connectivity index (χ1v) is 13.0. The molecule has 3 aromatic rings. The van der Waals surface area contributed by atoms with Crippen molar-refractivity contribution in [3.8, 4) is 0 Å². The molecule has 0 bridgehead atoms. The Morgan fingerprint density at radius 1 is 1.06 bits per heavy atom. The summed E-state index contributed by atoms with van der Waals surface area (Å²) >= 11 is 2.35. The van der Waals surface area contributed by atoms with Crippen molar-refractivity contribution in [2.45, 2.75) is 47.9 Å². The van der Waals surface area contributed by atoms with Gasteiger partial charge >= 0.3 is 6.18 Å². The first-order chi connectivity index (χ1) is 17.2. The van der Waals surface area contributed by atoms with Crippen LogP contribution in [0.4, 0.5) is 22.7 Å². The third-order valence-corrected chi connectivity index (χ3v) is 8.27. The number of hydrogen-bond donors (Lipinski definition) is 0. The summed E-state index contributed by atoms with van der Waals surface area (Å²) in [6, 6.07) is 11.2. The van der Waals surface area contributed by atoms with Crippen LogP contribution in [0.25, 0.3) is 0 Å². The minimum atomic E-state index is -4.42. The SMILES string of the molecule is O=C1CCCC2=C1[C@@H](c1ccccc1F)CC(=O)N2c1nnc(SCc2cccc(C(F)(F)F)c2)s1. The Morgan fingerprint density at radius 3 is 2.64 bits per heavy atom. The highest BCUT2D eigenvalue weighted by atomic mass is 32.2. The van der Waals surface area contributed by atoms with E-state index in [4.69, 9.17) is 0 Å². The molecular weight excluding hydrogens is 514 g/mol. The van der Waals surface area contributed by atoms with Gasteiger partial charge in [-0.3, -0.25) is 14.5 Å². The molecule has 0 saturated heterocycles. The number of nitrogens with zero attached hydrogens (tertiary/aromatic N) is 3. The molecule has 0 spiro atoms. The van der Waals surface area contributed by atoms with Gasteiger partial charge in [0.25, 0.3) is 0 Å². The standard InChI is InChI=1S/C25H19F4N3O2S2/c26-18-8-2-1-7-16(18)17-12-21(34)32(19-9-4-10-20(33)22(17)19)23-30-31-24(36-23)35-13-14-5-3-6-15(11-14)25(27,28)29/h1-3,5-8,11,17H,4,9-10,12-13H2/t17-/m1/s1. The van der Waals surface area contributed by atoms with E-state index in [9.17, 15) is 27.2 Å². The lowest BCUT2D eigenvalue weighted by Crippen LogP contribution is -2.40. The Morgan fingerprint density at radius 2 is 1.86 bits per heavy atom. The summed E-state index contributed by atoms with van der Waals surface area (Å²) in [6.07, 6.45) is -3.11. The third-order valence-electron chi connectivity index (χ3n) is 6.16. The normalized spacial score (nSPS) is 18.6. The second-order valence-corrected chi connectivity index (χ2v) is 10.7. The van der Waals surface area contributed by atoms with E-state index in [2.05, 4.69) is 10.2 Å². The maximum Gasteiger partial charge on any atom is 0.416 e. The van der Waals surface area contributed by atoms with E-state index in [-0.39, 0.29) is 23.9 Å². The largest absolute Gasteiger partial charge is 0.416 e. The van der Waals surface area contributed by atoms with Crippen LogP contribution in [0.2, 0.25) is 0 Å². The fraction of sp³-hybridized carbons (Fsp3) is 0.280. The minimum Gasteiger partial charge on any atom is -0.294 e. The molecule has 0 fully saturated rings. The number of Topliss-reactive ketones (excluding diaryl/α,β-unsaturated/α-hetero) is 1. The second kappa shape index (κ2) is 9.78. The molecule has 0 N–H and O–H groups in total. The van der Waals surface area contributed by atoms with Gasteiger partial charge in [-0.2, -0.15) is 13.2 Å².